The van der Waals surface area contributed by atoms with E-state index in [0.717, 1.165) is 25.3 Å². The first-order valence-electron chi connectivity index (χ1n) is 6.18. The van der Waals surface area contributed by atoms with Gasteiger partial charge in [-0.05, 0) is 30.9 Å². The van der Waals surface area contributed by atoms with Gasteiger partial charge in [-0.15, -0.1) is 0 Å². The molecule has 1 saturated carbocycles. The molecule has 1 aliphatic carbocycles. The second-order valence-corrected chi connectivity index (χ2v) is 4.82. The van der Waals surface area contributed by atoms with Gasteiger partial charge < -0.3 is 16.8 Å². The molecular weight excluding hydrogens is 233 g/mol. The van der Waals surface area contributed by atoms with E-state index in [9.17, 15) is 9.18 Å². The number of hydrogen-bond donors (Lipinski definition) is 3. The summed E-state index contributed by atoms with van der Waals surface area (Å²) in [4.78, 5) is 11.1. The molecule has 0 saturated heterocycles. The average Bonchev–Trinajstić information content (AvgIpc) is 3.00. The first kappa shape index (κ1) is 12.7. The highest BCUT2D eigenvalue weighted by molar-refractivity contribution is 5.99. The van der Waals surface area contributed by atoms with Gasteiger partial charge in [0.25, 0.3) is 5.91 Å². The predicted molar refractivity (Wildman–Crippen MR) is 69.8 cm³/mol. The van der Waals surface area contributed by atoms with Crippen molar-refractivity contribution in [3.05, 3.63) is 23.5 Å². The fraction of sp³-hybridized carbons (Fsp3) is 0.462. The molecule has 4 nitrogen and oxygen atoms in total. The number of nitrogens with two attached hydrogens (primary N) is 2. The summed E-state index contributed by atoms with van der Waals surface area (Å²) in [7, 11) is 0. The standard InChI is InChI=1S/C13H18FN3O/c1-2-3-7-4-11(7)17-12-5-8(13(16)18)10(15)6-9(12)14/h5-7,11,17H,2-4,15H2,1H3,(H2,16,18). The number of carbonyl (C=O) groups is 1. The van der Waals surface area contributed by atoms with Gasteiger partial charge in [0.1, 0.15) is 5.82 Å². The second kappa shape index (κ2) is 4.84. The molecule has 2 rings (SSSR count). The van der Waals surface area contributed by atoms with Gasteiger partial charge >= 0.3 is 0 Å². The smallest absolute Gasteiger partial charge is 0.250 e. The quantitative estimate of drug-likeness (QED) is 0.701. The highest BCUT2D eigenvalue weighted by Crippen LogP contribution is 2.38. The number of amides is 1. The van der Waals surface area contributed by atoms with E-state index >= 15 is 0 Å². The molecule has 0 bridgehead atoms. The van der Waals surface area contributed by atoms with Crippen LogP contribution in [-0.4, -0.2) is 11.9 Å². The van der Waals surface area contributed by atoms with Crippen LogP contribution in [0.25, 0.3) is 0 Å². The van der Waals surface area contributed by atoms with Crippen LogP contribution < -0.4 is 16.8 Å². The zero-order valence-electron chi connectivity index (χ0n) is 10.4. The van der Waals surface area contributed by atoms with E-state index < -0.39 is 11.7 Å². The molecule has 0 radical (unpaired) electrons. The largest absolute Gasteiger partial charge is 0.398 e. The lowest BCUT2D eigenvalue weighted by atomic mass is 10.1. The Kier molecular flexibility index (Phi) is 3.41. The number of benzene rings is 1. The summed E-state index contributed by atoms with van der Waals surface area (Å²) in [5.41, 5.74) is 11.3. The third-order valence-electron chi connectivity index (χ3n) is 3.33. The normalized spacial score (nSPS) is 21.7. The number of halogens is 1. The van der Waals surface area contributed by atoms with Gasteiger partial charge in [-0.25, -0.2) is 4.39 Å². The van der Waals surface area contributed by atoms with E-state index in [4.69, 9.17) is 11.5 Å². The zero-order chi connectivity index (χ0) is 13.3. The van der Waals surface area contributed by atoms with Crippen molar-refractivity contribution in [1.29, 1.82) is 0 Å². The average molecular weight is 251 g/mol. The molecule has 1 amide bonds. The van der Waals surface area contributed by atoms with Crippen LogP contribution in [0.5, 0.6) is 0 Å². The highest BCUT2D eigenvalue weighted by atomic mass is 19.1. The molecule has 1 aromatic carbocycles. The third kappa shape index (κ3) is 2.55. The molecule has 5 heteroatoms. The molecule has 0 aliphatic heterocycles. The van der Waals surface area contributed by atoms with Crippen LogP contribution in [0, 0.1) is 11.7 Å². The van der Waals surface area contributed by atoms with E-state index in [-0.39, 0.29) is 11.3 Å². The predicted octanol–water partition coefficient (Wildman–Crippen LogP) is 2.11. The Morgan fingerprint density at radius 2 is 2.28 bits per heavy atom. The van der Waals surface area contributed by atoms with Gasteiger partial charge in [0.2, 0.25) is 0 Å². The molecule has 0 heterocycles. The number of anilines is 2. The molecule has 2 atom stereocenters. The Hall–Kier alpha value is -1.78. The molecule has 5 N–H and O–H groups in total. The minimum absolute atomic E-state index is 0.0754. The number of nitrogens with one attached hydrogen (secondary N) is 1. The fourth-order valence-corrected chi connectivity index (χ4v) is 2.23. The van der Waals surface area contributed by atoms with Gasteiger partial charge in [-0.3, -0.25) is 4.79 Å². The number of hydrogen-bond acceptors (Lipinski definition) is 3. The second-order valence-electron chi connectivity index (χ2n) is 4.82. The molecule has 0 spiro atoms. The lowest BCUT2D eigenvalue weighted by Crippen LogP contribution is -2.15. The third-order valence-corrected chi connectivity index (χ3v) is 3.33. The molecule has 1 fully saturated rings. The molecule has 98 valence electrons. The highest BCUT2D eigenvalue weighted by Gasteiger charge is 2.36. The lowest BCUT2D eigenvalue weighted by Gasteiger charge is -2.10. The molecule has 2 unspecified atom stereocenters. The molecule has 1 aliphatic rings. The molecule has 18 heavy (non-hydrogen) atoms. The summed E-state index contributed by atoms with van der Waals surface area (Å²) < 4.78 is 13.7. The van der Waals surface area contributed by atoms with Crippen LogP contribution in [0.15, 0.2) is 12.1 Å². The minimum atomic E-state index is -0.642. The van der Waals surface area contributed by atoms with Gasteiger partial charge in [0, 0.05) is 11.7 Å². The Morgan fingerprint density at radius 3 is 2.89 bits per heavy atom. The van der Waals surface area contributed by atoms with Crippen molar-refractivity contribution in [3.63, 3.8) is 0 Å². The molecule has 0 aromatic heterocycles. The van der Waals surface area contributed by atoms with E-state index in [1.165, 1.54) is 6.07 Å². The van der Waals surface area contributed by atoms with Crippen LogP contribution >= 0.6 is 0 Å². The Bertz CT molecular complexity index is 476. The van der Waals surface area contributed by atoms with E-state index in [0.29, 0.717) is 17.6 Å². The number of rotatable bonds is 5. The summed E-state index contributed by atoms with van der Waals surface area (Å²) in [6, 6.07) is 2.83. The molecule has 1 aromatic rings. The summed E-state index contributed by atoms with van der Waals surface area (Å²) in [6.45, 7) is 2.13. The molecular formula is C13H18FN3O. The van der Waals surface area contributed by atoms with Crippen LogP contribution in [0.2, 0.25) is 0 Å². The fourth-order valence-electron chi connectivity index (χ4n) is 2.23. The van der Waals surface area contributed by atoms with E-state index in [2.05, 4.69) is 12.2 Å². The van der Waals surface area contributed by atoms with Gasteiger partial charge in [-0.2, -0.15) is 0 Å². The monoisotopic (exact) mass is 251 g/mol. The van der Waals surface area contributed by atoms with Crippen LogP contribution in [0.4, 0.5) is 15.8 Å². The van der Waals surface area contributed by atoms with Crippen molar-refractivity contribution in [3.8, 4) is 0 Å². The summed E-state index contributed by atoms with van der Waals surface area (Å²) in [6.07, 6.45) is 3.31. The van der Waals surface area contributed by atoms with Crippen LogP contribution in [0.1, 0.15) is 36.5 Å². The van der Waals surface area contributed by atoms with Gasteiger partial charge in [0.15, 0.2) is 0 Å². The van der Waals surface area contributed by atoms with Crippen molar-refractivity contribution in [2.45, 2.75) is 32.2 Å². The van der Waals surface area contributed by atoms with Crippen LogP contribution in [0.3, 0.4) is 0 Å². The maximum Gasteiger partial charge on any atom is 0.250 e. The Morgan fingerprint density at radius 1 is 1.56 bits per heavy atom. The van der Waals surface area contributed by atoms with E-state index in [1.807, 2.05) is 0 Å². The van der Waals surface area contributed by atoms with Crippen molar-refractivity contribution in [2.75, 3.05) is 11.1 Å². The maximum absolute atomic E-state index is 13.7. The Labute approximate surface area is 106 Å². The van der Waals surface area contributed by atoms with Crippen molar-refractivity contribution >= 4 is 17.3 Å². The van der Waals surface area contributed by atoms with Gasteiger partial charge in [0.05, 0.1) is 11.3 Å². The van der Waals surface area contributed by atoms with Crippen molar-refractivity contribution < 1.29 is 9.18 Å². The van der Waals surface area contributed by atoms with Gasteiger partial charge in [-0.1, -0.05) is 13.3 Å². The van der Waals surface area contributed by atoms with Crippen molar-refractivity contribution in [1.82, 2.24) is 0 Å². The minimum Gasteiger partial charge on any atom is -0.398 e. The maximum atomic E-state index is 13.7. The number of nitrogen functional groups attached to an aromatic ring is 1. The zero-order valence-corrected chi connectivity index (χ0v) is 10.4. The number of carbonyl (C=O) groups excluding carboxylic acids is 1. The lowest BCUT2D eigenvalue weighted by molar-refractivity contribution is 0.100. The van der Waals surface area contributed by atoms with Crippen LogP contribution in [-0.2, 0) is 0 Å². The first-order valence-corrected chi connectivity index (χ1v) is 6.18. The SMILES string of the molecule is CCCC1CC1Nc1cc(C(N)=O)c(N)cc1F. The number of primary amides is 1. The summed E-state index contributed by atoms with van der Waals surface area (Å²) in [5, 5.41) is 3.10. The topological polar surface area (TPSA) is 81.1 Å². The Balaban J connectivity index is 2.13. The van der Waals surface area contributed by atoms with Crippen molar-refractivity contribution in [2.24, 2.45) is 11.7 Å². The first-order chi connectivity index (χ1) is 8.52. The summed E-state index contributed by atoms with van der Waals surface area (Å²) >= 11 is 0. The van der Waals surface area contributed by atoms with E-state index in [1.54, 1.807) is 0 Å². The summed E-state index contributed by atoms with van der Waals surface area (Å²) in [5.74, 6) is -0.486.